The number of nitrogens with one attached hydrogen (secondary N) is 2. The first-order valence-electron chi connectivity index (χ1n) is 9.74. The molecule has 0 bridgehead atoms. The number of carbonyl (C=O) groups excluding carboxylic acids is 1. The molecular formula is C22H29IN4OS. The summed E-state index contributed by atoms with van der Waals surface area (Å²) in [5.74, 6) is 1.02. The fourth-order valence-electron chi connectivity index (χ4n) is 3.14. The van der Waals surface area contributed by atoms with Crippen LogP contribution in [0.4, 0.5) is 5.69 Å². The van der Waals surface area contributed by atoms with Crippen molar-refractivity contribution in [1.29, 1.82) is 0 Å². The summed E-state index contributed by atoms with van der Waals surface area (Å²) in [4.78, 5) is 19.7. The van der Waals surface area contributed by atoms with E-state index in [0.717, 1.165) is 36.7 Å². The fraction of sp³-hybridized carbons (Fsp3) is 0.364. The highest BCUT2D eigenvalue weighted by Gasteiger charge is 2.21. The summed E-state index contributed by atoms with van der Waals surface area (Å²) in [5.41, 5.74) is 3.33. The maximum absolute atomic E-state index is 11.9. The summed E-state index contributed by atoms with van der Waals surface area (Å²) in [7, 11) is 0. The van der Waals surface area contributed by atoms with E-state index in [1.807, 2.05) is 17.0 Å². The first kappa shape index (κ1) is 23.5. The van der Waals surface area contributed by atoms with Gasteiger partial charge in [0, 0.05) is 36.6 Å². The summed E-state index contributed by atoms with van der Waals surface area (Å²) in [5, 5.41) is 6.67. The minimum absolute atomic E-state index is 0. The zero-order valence-electron chi connectivity index (χ0n) is 17.0. The van der Waals surface area contributed by atoms with Gasteiger partial charge in [-0.25, -0.2) is 4.99 Å². The number of carbonyl (C=O) groups is 1. The van der Waals surface area contributed by atoms with Crippen molar-refractivity contribution in [2.75, 3.05) is 24.2 Å². The Morgan fingerprint density at radius 3 is 2.34 bits per heavy atom. The molecule has 1 aliphatic rings. The molecule has 156 valence electrons. The Morgan fingerprint density at radius 1 is 1.07 bits per heavy atom. The van der Waals surface area contributed by atoms with E-state index >= 15 is 0 Å². The molecule has 0 radical (unpaired) electrons. The average Bonchev–Trinajstić information content (AvgIpc) is 3.16. The molecule has 1 amide bonds. The van der Waals surface area contributed by atoms with Crippen LogP contribution in [0.1, 0.15) is 30.9 Å². The first-order chi connectivity index (χ1) is 13.7. The minimum Gasteiger partial charge on any atom is -0.357 e. The Labute approximate surface area is 194 Å². The number of aliphatic imine (C=N–C) groups is 1. The third-order valence-electron chi connectivity index (χ3n) is 4.70. The molecule has 1 saturated heterocycles. The van der Waals surface area contributed by atoms with E-state index < -0.39 is 0 Å². The molecule has 1 fully saturated rings. The molecule has 0 aromatic heterocycles. The molecule has 2 aromatic rings. The van der Waals surface area contributed by atoms with Gasteiger partial charge in [-0.05, 0) is 55.0 Å². The first-order valence-corrected chi connectivity index (χ1v) is 11.0. The number of benzene rings is 2. The lowest BCUT2D eigenvalue weighted by molar-refractivity contribution is -0.117. The van der Waals surface area contributed by atoms with Crippen LogP contribution in [-0.2, 0) is 17.9 Å². The van der Waals surface area contributed by atoms with Gasteiger partial charge in [-0.2, -0.15) is 0 Å². The van der Waals surface area contributed by atoms with Crippen molar-refractivity contribution in [3.8, 4) is 0 Å². The molecule has 0 saturated carbocycles. The lowest BCUT2D eigenvalue weighted by atomic mass is 10.2. The van der Waals surface area contributed by atoms with Gasteiger partial charge in [0.25, 0.3) is 0 Å². The molecule has 0 spiro atoms. The zero-order valence-corrected chi connectivity index (χ0v) is 20.1. The molecule has 0 unspecified atom stereocenters. The van der Waals surface area contributed by atoms with Crippen LogP contribution in [0.25, 0.3) is 0 Å². The van der Waals surface area contributed by atoms with E-state index in [0.29, 0.717) is 19.5 Å². The van der Waals surface area contributed by atoms with E-state index in [-0.39, 0.29) is 29.9 Å². The highest BCUT2D eigenvalue weighted by molar-refractivity contribution is 14.0. The van der Waals surface area contributed by atoms with Gasteiger partial charge in [0.15, 0.2) is 5.96 Å². The predicted octanol–water partition coefficient (Wildman–Crippen LogP) is 4.41. The monoisotopic (exact) mass is 524 g/mol. The van der Waals surface area contributed by atoms with Gasteiger partial charge >= 0.3 is 0 Å². The van der Waals surface area contributed by atoms with Gasteiger partial charge in [0.05, 0.1) is 6.54 Å². The number of rotatable bonds is 7. The number of anilines is 1. The molecule has 0 aliphatic carbocycles. The summed E-state index contributed by atoms with van der Waals surface area (Å²) >= 11 is 1.74. The maximum Gasteiger partial charge on any atom is 0.227 e. The molecule has 5 nitrogen and oxygen atoms in total. The van der Waals surface area contributed by atoms with Gasteiger partial charge in [-0.3, -0.25) is 4.79 Å². The van der Waals surface area contributed by atoms with Crippen molar-refractivity contribution in [3.05, 3.63) is 59.7 Å². The minimum atomic E-state index is 0. The number of halogens is 1. The molecule has 29 heavy (non-hydrogen) atoms. The Hall–Kier alpha value is -1.74. The zero-order chi connectivity index (χ0) is 19.8. The smallest absolute Gasteiger partial charge is 0.227 e. The second-order valence-electron chi connectivity index (χ2n) is 6.71. The van der Waals surface area contributed by atoms with E-state index in [2.05, 4.69) is 65.2 Å². The molecule has 1 aliphatic heterocycles. The summed E-state index contributed by atoms with van der Waals surface area (Å²) in [6, 6.07) is 16.7. The third kappa shape index (κ3) is 6.92. The number of guanidine groups is 1. The molecule has 2 N–H and O–H groups in total. The van der Waals surface area contributed by atoms with Crippen molar-refractivity contribution in [2.45, 2.75) is 37.8 Å². The average molecular weight is 524 g/mol. The number of thioether (sulfide) groups is 1. The topological polar surface area (TPSA) is 56.7 Å². The highest BCUT2D eigenvalue weighted by Crippen LogP contribution is 2.21. The quantitative estimate of drug-likeness (QED) is 0.244. The molecule has 1 heterocycles. The predicted molar refractivity (Wildman–Crippen MR) is 133 cm³/mol. The van der Waals surface area contributed by atoms with Crippen LogP contribution in [-0.4, -0.2) is 31.2 Å². The van der Waals surface area contributed by atoms with Gasteiger partial charge in [-0.15, -0.1) is 35.7 Å². The Bertz CT molecular complexity index is 809. The number of hydrogen-bond acceptors (Lipinski definition) is 3. The number of amides is 1. The van der Waals surface area contributed by atoms with Crippen LogP contribution < -0.4 is 15.5 Å². The van der Waals surface area contributed by atoms with Crippen molar-refractivity contribution in [3.63, 3.8) is 0 Å². The van der Waals surface area contributed by atoms with Crippen LogP contribution in [0, 0.1) is 0 Å². The molecular weight excluding hydrogens is 495 g/mol. The molecule has 7 heteroatoms. The summed E-state index contributed by atoms with van der Waals surface area (Å²) in [6.07, 6.45) is 3.69. The Kier molecular flexibility index (Phi) is 9.80. The Balaban J connectivity index is 0.00000300. The van der Waals surface area contributed by atoms with E-state index in [9.17, 15) is 4.79 Å². The second-order valence-corrected chi connectivity index (χ2v) is 7.59. The van der Waals surface area contributed by atoms with Crippen LogP contribution in [0.5, 0.6) is 0 Å². The number of nitrogens with zero attached hydrogens (tertiary/aromatic N) is 2. The lowest BCUT2D eigenvalue weighted by Crippen LogP contribution is -2.36. The van der Waals surface area contributed by atoms with Crippen LogP contribution >= 0.6 is 35.7 Å². The van der Waals surface area contributed by atoms with Crippen LogP contribution in [0.15, 0.2) is 58.4 Å². The summed E-state index contributed by atoms with van der Waals surface area (Å²) in [6.45, 7) is 5.02. The van der Waals surface area contributed by atoms with E-state index in [1.165, 1.54) is 10.5 Å². The maximum atomic E-state index is 11.9. The second kappa shape index (κ2) is 12.1. The van der Waals surface area contributed by atoms with Gasteiger partial charge in [0.1, 0.15) is 0 Å². The van der Waals surface area contributed by atoms with Gasteiger partial charge in [-0.1, -0.05) is 24.3 Å². The fourth-order valence-corrected chi connectivity index (χ4v) is 3.55. The summed E-state index contributed by atoms with van der Waals surface area (Å²) < 4.78 is 0. The number of hydrogen-bond donors (Lipinski definition) is 2. The normalized spacial score (nSPS) is 13.9. The van der Waals surface area contributed by atoms with E-state index in [1.54, 1.807) is 11.8 Å². The van der Waals surface area contributed by atoms with Crippen molar-refractivity contribution >= 4 is 53.3 Å². The Morgan fingerprint density at radius 2 is 1.76 bits per heavy atom. The molecule has 2 aromatic carbocycles. The van der Waals surface area contributed by atoms with Crippen molar-refractivity contribution in [1.82, 2.24) is 10.6 Å². The van der Waals surface area contributed by atoms with Gasteiger partial charge in [0.2, 0.25) is 5.91 Å². The molecule has 3 rings (SSSR count). The van der Waals surface area contributed by atoms with E-state index in [4.69, 9.17) is 0 Å². The third-order valence-corrected chi connectivity index (χ3v) is 5.45. The standard InChI is InChI=1S/C22H28N4OS.HI/c1-3-23-22(25-16-18-8-12-20(28-2)13-9-18)24-15-17-6-10-19(11-7-17)26-14-4-5-21(26)27;/h6-13H,3-5,14-16H2,1-2H3,(H2,23,24,25);1H. The molecule has 0 atom stereocenters. The van der Waals surface area contributed by atoms with Crippen LogP contribution in [0.3, 0.4) is 0 Å². The lowest BCUT2D eigenvalue weighted by Gasteiger charge is -2.16. The SMILES string of the molecule is CCNC(=NCc1ccc(SC)cc1)NCc1ccc(N2CCCC2=O)cc1.I. The van der Waals surface area contributed by atoms with Crippen molar-refractivity contribution in [2.24, 2.45) is 4.99 Å². The van der Waals surface area contributed by atoms with Crippen molar-refractivity contribution < 1.29 is 4.79 Å². The van der Waals surface area contributed by atoms with Crippen LogP contribution in [0.2, 0.25) is 0 Å². The highest BCUT2D eigenvalue weighted by atomic mass is 127. The largest absolute Gasteiger partial charge is 0.357 e. The van der Waals surface area contributed by atoms with Gasteiger partial charge < -0.3 is 15.5 Å².